The third kappa shape index (κ3) is 2.11. The smallest absolute Gasteiger partial charge is 0.125 e. The van der Waals surface area contributed by atoms with Crippen molar-refractivity contribution in [1.29, 1.82) is 0 Å². The van der Waals surface area contributed by atoms with Gasteiger partial charge in [0.1, 0.15) is 5.82 Å². The molecule has 0 aliphatic heterocycles. The van der Waals surface area contributed by atoms with Gasteiger partial charge in [-0.15, -0.1) is 0 Å². The van der Waals surface area contributed by atoms with E-state index >= 15 is 0 Å². The van der Waals surface area contributed by atoms with E-state index in [0.717, 1.165) is 21.5 Å². The highest BCUT2D eigenvalue weighted by Gasteiger charge is 2.08. The van der Waals surface area contributed by atoms with E-state index in [0.29, 0.717) is 6.54 Å². The Morgan fingerprint density at radius 2 is 2.12 bits per heavy atom. The van der Waals surface area contributed by atoms with Crippen molar-refractivity contribution in [2.75, 3.05) is 5.73 Å². The van der Waals surface area contributed by atoms with Gasteiger partial charge in [0.25, 0.3) is 0 Å². The molecule has 0 aliphatic rings. The molecular formula is C12H14BrN3. The maximum Gasteiger partial charge on any atom is 0.125 e. The lowest BCUT2D eigenvalue weighted by atomic mass is 10.2. The number of aryl methyl sites for hydroxylation is 1. The molecule has 0 amide bonds. The van der Waals surface area contributed by atoms with Gasteiger partial charge >= 0.3 is 0 Å². The molecule has 84 valence electrons. The summed E-state index contributed by atoms with van der Waals surface area (Å²) < 4.78 is 2.91. The van der Waals surface area contributed by atoms with Crippen molar-refractivity contribution in [1.82, 2.24) is 9.78 Å². The third-order valence-electron chi connectivity index (χ3n) is 2.70. The number of nitrogens with zero attached hydrogens (tertiary/aromatic N) is 2. The summed E-state index contributed by atoms with van der Waals surface area (Å²) in [5.74, 6) is 0.748. The molecule has 0 saturated heterocycles. The van der Waals surface area contributed by atoms with Crippen molar-refractivity contribution < 1.29 is 0 Å². The number of hydrogen-bond donors (Lipinski definition) is 1. The SMILES string of the molecule is Cc1nn(Cc2cccc(Br)c2)c(N)c1C. The van der Waals surface area contributed by atoms with Gasteiger partial charge in [-0.3, -0.25) is 0 Å². The summed E-state index contributed by atoms with van der Waals surface area (Å²) in [4.78, 5) is 0. The highest BCUT2D eigenvalue weighted by Crippen LogP contribution is 2.17. The van der Waals surface area contributed by atoms with E-state index in [2.05, 4.69) is 33.2 Å². The molecule has 0 unspecified atom stereocenters. The fourth-order valence-electron chi connectivity index (χ4n) is 1.62. The summed E-state index contributed by atoms with van der Waals surface area (Å²) in [6.45, 7) is 4.68. The van der Waals surface area contributed by atoms with E-state index in [9.17, 15) is 0 Å². The van der Waals surface area contributed by atoms with Crippen LogP contribution in [0.15, 0.2) is 28.7 Å². The average molecular weight is 280 g/mol. The van der Waals surface area contributed by atoms with Gasteiger partial charge < -0.3 is 5.73 Å². The van der Waals surface area contributed by atoms with Crippen LogP contribution in [0.25, 0.3) is 0 Å². The first-order valence-electron chi connectivity index (χ1n) is 5.12. The van der Waals surface area contributed by atoms with E-state index in [1.807, 2.05) is 30.7 Å². The van der Waals surface area contributed by atoms with Gasteiger partial charge in [0, 0.05) is 10.0 Å². The van der Waals surface area contributed by atoms with Crippen molar-refractivity contribution in [2.45, 2.75) is 20.4 Å². The first-order chi connectivity index (χ1) is 7.58. The Kier molecular flexibility index (Phi) is 3.01. The molecule has 0 fully saturated rings. The molecule has 0 radical (unpaired) electrons. The summed E-state index contributed by atoms with van der Waals surface area (Å²) in [7, 11) is 0. The molecule has 2 N–H and O–H groups in total. The van der Waals surface area contributed by atoms with Crippen LogP contribution in [0, 0.1) is 13.8 Å². The minimum atomic E-state index is 0.708. The Morgan fingerprint density at radius 3 is 2.69 bits per heavy atom. The van der Waals surface area contributed by atoms with Crippen molar-refractivity contribution in [2.24, 2.45) is 0 Å². The molecule has 1 heterocycles. The van der Waals surface area contributed by atoms with Crippen LogP contribution < -0.4 is 5.73 Å². The average Bonchev–Trinajstić information content (AvgIpc) is 2.47. The first-order valence-corrected chi connectivity index (χ1v) is 5.91. The molecule has 2 aromatic rings. The second-order valence-corrected chi connectivity index (χ2v) is 4.80. The number of nitrogens with two attached hydrogens (primary N) is 1. The lowest BCUT2D eigenvalue weighted by Gasteiger charge is -2.05. The van der Waals surface area contributed by atoms with Crippen molar-refractivity contribution in [3.05, 3.63) is 45.6 Å². The van der Waals surface area contributed by atoms with Crippen molar-refractivity contribution in [3.63, 3.8) is 0 Å². The number of anilines is 1. The quantitative estimate of drug-likeness (QED) is 0.919. The molecule has 0 aliphatic carbocycles. The maximum absolute atomic E-state index is 5.98. The number of benzene rings is 1. The van der Waals surface area contributed by atoms with Gasteiger partial charge in [-0.1, -0.05) is 28.1 Å². The fourth-order valence-corrected chi connectivity index (χ4v) is 2.06. The Hall–Kier alpha value is -1.29. The number of nitrogen functional groups attached to an aromatic ring is 1. The maximum atomic E-state index is 5.98. The van der Waals surface area contributed by atoms with E-state index in [4.69, 9.17) is 5.73 Å². The van der Waals surface area contributed by atoms with Gasteiger partial charge in [0.05, 0.1) is 12.2 Å². The van der Waals surface area contributed by atoms with Crippen LogP contribution in [0.2, 0.25) is 0 Å². The summed E-state index contributed by atoms with van der Waals surface area (Å²) in [5.41, 5.74) is 9.22. The summed E-state index contributed by atoms with van der Waals surface area (Å²) in [5, 5.41) is 4.41. The van der Waals surface area contributed by atoms with Crippen LogP contribution in [0.3, 0.4) is 0 Å². The molecule has 0 saturated carbocycles. The molecule has 0 atom stereocenters. The van der Waals surface area contributed by atoms with E-state index in [1.54, 1.807) is 0 Å². The van der Waals surface area contributed by atoms with Gasteiger partial charge in [-0.25, -0.2) is 4.68 Å². The molecule has 3 nitrogen and oxygen atoms in total. The highest BCUT2D eigenvalue weighted by molar-refractivity contribution is 9.10. The number of rotatable bonds is 2. The minimum Gasteiger partial charge on any atom is -0.384 e. The Morgan fingerprint density at radius 1 is 1.38 bits per heavy atom. The molecule has 2 rings (SSSR count). The zero-order chi connectivity index (χ0) is 11.7. The van der Waals surface area contributed by atoms with Crippen LogP contribution in [-0.2, 0) is 6.54 Å². The lowest BCUT2D eigenvalue weighted by molar-refractivity contribution is 0.689. The normalized spacial score (nSPS) is 10.7. The standard InChI is InChI=1S/C12H14BrN3/c1-8-9(2)15-16(12(8)14)7-10-4-3-5-11(13)6-10/h3-6H,7,14H2,1-2H3. The summed E-state index contributed by atoms with van der Waals surface area (Å²) >= 11 is 3.45. The van der Waals surface area contributed by atoms with Crippen LogP contribution in [0.1, 0.15) is 16.8 Å². The van der Waals surface area contributed by atoms with Gasteiger partial charge in [-0.05, 0) is 31.5 Å². The van der Waals surface area contributed by atoms with Crippen LogP contribution in [0.4, 0.5) is 5.82 Å². The van der Waals surface area contributed by atoms with Gasteiger partial charge in [-0.2, -0.15) is 5.10 Å². The third-order valence-corrected chi connectivity index (χ3v) is 3.19. The van der Waals surface area contributed by atoms with E-state index in [1.165, 1.54) is 5.56 Å². The van der Waals surface area contributed by atoms with E-state index < -0.39 is 0 Å². The second-order valence-electron chi connectivity index (χ2n) is 3.88. The first kappa shape index (κ1) is 11.2. The second kappa shape index (κ2) is 4.29. The molecule has 0 spiro atoms. The molecule has 16 heavy (non-hydrogen) atoms. The van der Waals surface area contributed by atoms with Gasteiger partial charge in [0.2, 0.25) is 0 Å². The molecule has 1 aromatic carbocycles. The molecule has 1 aromatic heterocycles. The molecule has 4 heteroatoms. The molecular weight excluding hydrogens is 266 g/mol. The van der Waals surface area contributed by atoms with Crippen LogP contribution in [-0.4, -0.2) is 9.78 Å². The molecule has 0 bridgehead atoms. The number of halogens is 1. The highest BCUT2D eigenvalue weighted by atomic mass is 79.9. The zero-order valence-electron chi connectivity index (χ0n) is 9.37. The largest absolute Gasteiger partial charge is 0.384 e. The Labute approximate surface area is 103 Å². The monoisotopic (exact) mass is 279 g/mol. The van der Waals surface area contributed by atoms with Gasteiger partial charge in [0.15, 0.2) is 0 Å². The van der Waals surface area contributed by atoms with Crippen LogP contribution in [0.5, 0.6) is 0 Å². The Bertz CT molecular complexity index is 517. The topological polar surface area (TPSA) is 43.8 Å². The number of aromatic nitrogens is 2. The van der Waals surface area contributed by atoms with Crippen LogP contribution >= 0.6 is 15.9 Å². The fraction of sp³-hybridized carbons (Fsp3) is 0.250. The lowest BCUT2D eigenvalue weighted by Crippen LogP contribution is -2.06. The predicted octanol–water partition coefficient (Wildman–Crippen LogP) is 2.89. The van der Waals surface area contributed by atoms with E-state index in [-0.39, 0.29) is 0 Å². The van der Waals surface area contributed by atoms with Crippen molar-refractivity contribution >= 4 is 21.7 Å². The zero-order valence-corrected chi connectivity index (χ0v) is 11.0. The predicted molar refractivity (Wildman–Crippen MR) is 69.4 cm³/mol. The summed E-state index contributed by atoms with van der Waals surface area (Å²) in [6, 6.07) is 8.16. The minimum absolute atomic E-state index is 0.708. The van der Waals surface area contributed by atoms with Crippen molar-refractivity contribution in [3.8, 4) is 0 Å². The summed E-state index contributed by atoms with van der Waals surface area (Å²) in [6.07, 6.45) is 0. The Balaban J connectivity index is 2.30. The number of hydrogen-bond acceptors (Lipinski definition) is 2.